The van der Waals surface area contributed by atoms with Crippen LogP contribution in [0.15, 0.2) is 138 Å². The summed E-state index contributed by atoms with van der Waals surface area (Å²) in [6.45, 7) is 0. The van der Waals surface area contributed by atoms with Crippen LogP contribution in [0.25, 0.3) is 67.3 Å². The van der Waals surface area contributed by atoms with Crippen LogP contribution in [0.3, 0.4) is 0 Å². The van der Waals surface area contributed by atoms with Crippen molar-refractivity contribution < 1.29 is 4.42 Å². The third kappa shape index (κ3) is 5.01. The van der Waals surface area contributed by atoms with Crippen molar-refractivity contribution in [2.24, 2.45) is 17.8 Å². The first-order valence-electron chi connectivity index (χ1n) is 17.8. The summed E-state index contributed by atoms with van der Waals surface area (Å²) in [5, 5.41) is 0. The van der Waals surface area contributed by atoms with Crippen molar-refractivity contribution in [1.82, 2.24) is 15.0 Å². The summed E-state index contributed by atoms with van der Waals surface area (Å²) < 4.78 is 6.08. The van der Waals surface area contributed by atoms with Gasteiger partial charge in [0.1, 0.15) is 5.52 Å². The molecule has 11 rings (SSSR count). The number of rotatable bonds is 6. The zero-order valence-electron chi connectivity index (χ0n) is 27.4. The molecule has 0 radical (unpaired) electrons. The first-order chi connectivity index (χ1) is 24.2. The summed E-state index contributed by atoms with van der Waals surface area (Å²) in [5.74, 6) is 3.56. The largest absolute Gasteiger partial charge is 0.443 e. The van der Waals surface area contributed by atoms with Gasteiger partial charge in [-0.25, -0.2) is 15.0 Å². The lowest BCUT2D eigenvalue weighted by atomic mass is 9.48. The van der Waals surface area contributed by atoms with Gasteiger partial charge in [-0.05, 0) is 96.1 Å². The van der Waals surface area contributed by atoms with Crippen molar-refractivity contribution in [3.63, 3.8) is 0 Å². The molecule has 7 aromatic rings. The van der Waals surface area contributed by atoms with Crippen molar-refractivity contribution in [2.75, 3.05) is 0 Å². The fourth-order valence-corrected chi connectivity index (χ4v) is 9.77. The van der Waals surface area contributed by atoms with E-state index in [1.807, 2.05) is 54.6 Å². The van der Waals surface area contributed by atoms with Gasteiger partial charge in [-0.2, -0.15) is 0 Å². The van der Waals surface area contributed by atoms with Crippen LogP contribution in [-0.2, 0) is 5.41 Å². The van der Waals surface area contributed by atoms with E-state index in [9.17, 15) is 0 Å². The molecule has 4 aliphatic carbocycles. The van der Waals surface area contributed by atoms with Gasteiger partial charge >= 0.3 is 0 Å². The SMILES string of the molecule is c1ccc(-c2cc(-c3ccc(-c4ccc(-c5ccc(C67CC8CC(CC(C8)C6)C7)cc5)cc4)c4ncoc34)nc(-c3ccccc3)n2)cc1. The number of nitrogens with zero attached hydrogens (tertiary/aromatic N) is 3. The summed E-state index contributed by atoms with van der Waals surface area (Å²) in [6, 6.07) is 45.1. The second-order valence-corrected chi connectivity index (χ2v) is 14.7. The molecular formula is C45H37N3O. The highest BCUT2D eigenvalue weighted by Crippen LogP contribution is 2.60. The Kier molecular flexibility index (Phi) is 6.65. The second kappa shape index (κ2) is 11.4. The monoisotopic (exact) mass is 635 g/mol. The van der Waals surface area contributed by atoms with Gasteiger partial charge in [0.2, 0.25) is 0 Å². The maximum atomic E-state index is 6.08. The number of aromatic nitrogens is 3. The van der Waals surface area contributed by atoms with Gasteiger partial charge in [-0.3, -0.25) is 0 Å². The van der Waals surface area contributed by atoms with E-state index in [0.29, 0.717) is 11.2 Å². The smallest absolute Gasteiger partial charge is 0.182 e. The molecule has 5 aromatic carbocycles. The zero-order valence-corrected chi connectivity index (χ0v) is 27.4. The Morgan fingerprint density at radius 2 is 1.06 bits per heavy atom. The number of hydrogen-bond donors (Lipinski definition) is 0. The van der Waals surface area contributed by atoms with E-state index in [1.54, 1.807) is 5.56 Å². The lowest BCUT2D eigenvalue weighted by Crippen LogP contribution is -2.48. The Labute approximate surface area is 286 Å². The molecule has 2 aromatic heterocycles. The first-order valence-corrected chi connectivity index (χ1v) is 17.8. The number of benzene rings is 5. The molecule has 0 N–H and O–H groups in total. The Morgan fingerprint density at radius 1 is 0.510 bits per heavy atom. The number of fused-ring (bicyclic) bond motifs is 1. The zero-order chi connectivity index (χ0) is 32.4. The molecule has 4 fully saturated rings. The minimum atomic E-state index is 0.435. The van der Waals surface area contributed by atoms with Crippen LogP contribution < -0.4 is 0 Å². The predicted molar refractivity (Wildman–Crippen MR) is 197 cm³/mol. The molecule has 0 spiro atoms. The Hall–Kier alpha value is -5.35. The van der Waals surface area contributed by atoms with Crippen molar-refractivity contribution in [3.05, 3.63) is 139 Å². The molecule has 0 amide bonds. The van der Waals surface area contributed by atoms with Crippen LogP contribution in [0.5, 0.6) is 0 Å². The van der Waals surface area contributed by atoms with E-state index in [2.05, 4.69) is 72.8 Å². The van der Waals surface area contributed by atoms with Gasteiger partial charge < -0.3 is 4.42 Å². The molecule has 4 bridgehead atoms. The van der Waals surface area contributed by atoms with Gasteiger partial charge in [0.15, 0.2) is 17.8 Å². The molecule has 4 saturated carbocycles. The van der Waals surface area contributed by atoms with Crippen molar-refractivity contribution in [3.8, 4) is 56.2 Å². The van der Waals surface area contributed by atoms with Crippen LogP contribution in [-0.4, -0.2) is 15.0 Å². The lowest BCUT2D eigenvalue weighted by Gasteiger charge is -2.57. The van der Waals surface area contributed by atoms with Crippen molar-refractivity contribution >= 4 is 11.1 Å². The molecular weight excluding hydrogens is 599 g/mol. The fourth-order valence-electron chi connectivity index (χ4n) is 9.77. The highest BCUT2D eigenvalue weighted by molar-refractivity contribution is 5.99. The van der Waals surface area contributed by atoms with Crippen molar-refractivity contribution in [2.45, 2.75) is 43.9 Å². The Balaban J connectivity index is 0.971. The normalized spacial score (nSPS) is 22.5. The van der Waals surface area contributed by atoms with Crippen LogP contribution in [0.1, 0.15) is 44.1 Å². The van der Waals surface area contributed by atoms with Gasteiger partial charge in [0.05, 0.1) is 11.4 Å². The summed E-state index contributed by atoms with van der Waals surface area (Å²) in [7, 11) is 0. The summed E-state index contributed by atoms with van der Waals surface area (Å²) >= 11 is 0. The van der Waals surface area contributed by atoms with Gasteiger partial charge in [-0.15, -0.1) is 0 Å². The van der Waals surface area contributed by atoms with Crippen LogP contribution in [0.2, 0.25) is 0 Å². The highest BCUT2D eigenvalue weighted by atomic mass is 16.3. The molecule has 238 valence electrons. The van der Waals surface area contributed by atoms with Gasteiger partial charge in [-0.1, -0.05) is 115 Å². The maximum absolute atomic E-state index is 6.08. The van der Waals surface area contributed by atoms with Gasteiger partial charge in [0.25, 0.3) is 0 Å². The molecule has 0 unspecified atom stereocenters. The molecule has 0 aliphatic heterocycles. The summed E-state index contributed by atoms with van der Waals surface area (Å²) in [5.41, 5.74) is 12.8. The molecule has 49 heavy (non-hydrogen) atoms. The standard InChI is InChI=1S/C45H37N3O/c1-3-7-35(8-4-1)40-24-41(48-44(47-40)36-9-5-2-6-10-36)39-20-19-38(42-43(39)49-28-46-42)34-13-11-32(12-14-34)33-15-17-37(18-16-33)45-25-29-21-30(26-45)23-31(22-29)27-45/h1-20,24,28-31H,21-23,25-27H2. The Bertz CT molecular complexity index is 2200. The average Bonchev–Trinajstić information content (AvgIpc) is 3.65. The lowest BCUT2D eigenvalue weighted by molar-refractivity contribution is -0.00518. The van der Waals surface area contributed by atoms with E-state index in [-0.39, 0.29) is 0 Å². The molecule has 2 heterocycles. The minimum Gasteiger partial charge on any atom is -0.443 e. The van der Waals surface area contributed by atoms with Crippen LogP contribution >= 0.6 is 0 Å². The highest BCUT2D eigenvalue weighted by Gasteiger charge is 2.51. The predicted octanol–water partition coefficient (Wildman–Crippen LogP) is 11.4. The van der Waals surface area contributed by atoms with E-state index in [4.69, 9.17) is 19.4 Å². The van der Waals surface area contributed by atoms with E-state index < -0.39 is 0 Å². The van der Waals surface area contributed by atoms with E-state index >= 15 is 0 Å². The van der Waals surface area contributed by atoms with Crippen LogP contribution in [0.4, 0.5) is 0 Å². The first kappa shape index (κ1) is 28.6. The second-order valence-electron chi connectivity index (χ2n) is 14.7. The quantitative estimate of drug-likeness (QED) is 0.182. The summed E-state index contributed by atoms with van der Waals surface area (Å²) in [6.07, 6.45) is 10.2. The topological polar surface area (TPSA) is 51.8 Å². The molecule has 4 heteroatoms. The van der Waals surface area contributed by atoms with E-state index in [1.165, 1.54) is 56.0 Å². The molecule has 0 atom stereocenters. The molecule has 4 nitrogen and oxygen atoms in total. The maximum Gasteiger partial charge on any atom is 0.182 e. The molecule has 0 saturated heterocycles. The molecule has 4 aliphatic rings. The summed E-state index contributed by atoms with van der Waals surface area (Å²) in [4.78, 5) is 14.7. The van der Waals surface area contributed by atoms with Gasteiger partial charge in [0, 0.05) is 22.3 Å². The average molecular weight is 636 g/mol. The van der Waals surface area contributed by atoms with E-state index in [0.717, 1.165) is 68.1 Å². The number of hydrogen-bond acceptors (Lipinski definition) is 4. The third-order valence-corrected chi connectivity index (χ3v) is 11.7. The number of oxazole rings is 1. The van der Waals surface area contributed by atoms with Crippen LogP contribution in [0, 0.1) is 17.8 Å². The fraction of sp³-hybridized carbons (Fsp3) is 0.222. The third-order valence-electron chi connectivity index (χ3n) is 11.7. The minimum absolute atomic E-state index is 0.435. The Morgan fingerprint density at radius 3 is 1.71 bits per heavy atom. The van der Waals surface area contributed by atoms with Crippen molar-refractivity contribution in [1.29, 1.82) is 0 Å².